The average molecular weight is 432 g/mol. The first kappa shape index (κ1) is 20.4. The summed E-state index contributed by atoms with van der Waals surface area (Å²) in [6.45, 7) is 3.35. The summed E-state index contributed by atoms with van der Waals surface area (Å²) < 4.78 is 17.4. The molecular formula is C25H26FN5O. The number of nitrogens with zero attached hydrogens (tertiary/aromatic N) is 4. The fourth-order valence-corrected chi connectivity index (χ4v) is 4.58. The Bertz CT molecular complexity index is 1270. The number of hydrogen-bond donors (Lipinski definition) is 1. The number of aromatic nitrogens is 4. The number of amides is 1. The van der Waals surface area contributed by atoms with Crippen molar-refractivity contribution in [1.82, 2.24) is 24.6 Å². The number of rotatable bonds is 6. The number of benzene rings is 2. The Hall–Kier alpha value is -3.48. The molecule has 1 amide bonds. The summed E-state index contributed by atoms with van der Waals surface area (Å²) >= 11 is 0. The molecule has 6 nitrogen and oxygen atoms in total. The zero-order valence-electron chi connectivity index (χ0n) is 18.1. The van der Waals surface area contributed by atoms with Crippen LogP contribution >= 0.6 is 0 Å². The third-order valence-electron chi connectivity index (χ3n) is 6.16. The van der Waals surface area contributed by atoms with Gasteiger partial charge in [-0.3, -0.25) is 4.79 Å². The van der Waals surface area contributed by atoms with Crippen LogP contribution in [0.3, 0.4) is 0 Å². The molecule has 5 rings (SSSR count). The van der Waals surface area contributed by atoms with Gasteiger partial charge < -0.3 is 9.88 Å². The minimum atomic E-state index is -0.284. The van der Waals surface area contributed by atoms with Crippen molar-refractivity contribution >= 4 is 16.9 Å². The lowest BCUT2D eigenvalue weighted by atomic mass is 9.95. The van der Waals surface area contributed by atoms with E-state index in [0.29, 0.717) is 12.2 Å². The van der Waals surface area contributed by atoms with Crippen molar-refractivity contribution in [3.8, 4) is 5.69 Å². The molecule has 1 aliphatic carbocycles. The van der Waals surface area contributed by atoms with Gasteiger partial charge in [-0.1, -0.05) is 12.1 Å². The molecule has 0 saturated heterocycles. The quantitative estimate of drug-likeness (QED) is 0.461. The van der Waals surface area contributed by atoms with Crippen molar-refractivity contribution in [3.05, 3.63) is 77.1 Å². The maximum Gasteiger partial charge on any atom is 0.272 e. The monoisotopic (exact) mass is 431 g/mol. The zero-order chi connectivity index (χ0) is 22.1. The molecule has 32 heavy (non-hydrogen) atoms. The molecule has 0 bridgehead atoms. The molecule has 0 atom stereocenters. The zero-order valence-corrected chi connectivity index (χ0v) is 18.1. The normalized spacial score (nSPS) is 13.3. The highest BCUT2D eigenvalue weighted by atomic mass is 19.1. The molecule has 2 aromatic heterocycles. The third-order valence-corrected chi connectivity index (χ3v) is 6.16. The molecule has 0 unspecified atom stereocenters. The van der Waals surface area contributed by atoms with Crippen LogP contribution < -0.4 is 5.32 Å². The Morgan fingerprint density at radius 1 is 1.09 bits per heavy atom. The standard InChI is InChI=1S/C25H26FN5O/c1-17-28-21-8-3-5-10-23(21)30(17)16-6-15-27-25(32)24-20-7-2-4-9-22(20)31(29-24)19-13-11-18(26)12-14-19/h3,5,8,10-14H,2,4,6-7,9,15-16H2,1H3,(H,27,32). The maximum atomic E-state index is 13.4. The molecule has 164 valence electrons. The molecule has 0 spiro atoms. The van der Waals surface area contributed by atoms with E-state index >= 15 is 0 Å². The predicted molar refractivity (Wildman–Crippen MR) is 122 cm³/mol. The van der Waals surface area contributed by atoms with Crippen molar-refractivity contribution in [1.29, 1.82) is 0 Å². The van der Waals surface area contributed by atoms with Crippen LogP contribution in [0.1, 0.15) is 46.8 Å². The summed E-state index contributed by atoms with van der Waals surface area (Å²) in [4.78, 5) is 17.6. The van der Waals surface area contributed by atoms with Crippen LogP contribution in [0.5, 0.6) is 0 Å². The number of fused-ring (bicyclic) bond motifs is 2. The summed E-state index contributed by atoms with van der Waals surface area (Å²) in [6, 6.07) is 14.4. The lowest BCUT2D eigenvalue weighted by Crippen LogP contribution is -2.27. The second kappa shape index (κ2) is 8.57. The third kappa shape index (κ3) is 3.79. The lowest BCUT2D eigenvalue weighted by molar-refractivity contribution is 0.0946. The van der Waals surface area contributed by atoms with Crippen molar-refractivity contribution in [2.75, 3.05) is 6.54 Å². The van der Waals surface area contributed by atoms with E-state index in [-0.39, 0.29) is 11.7 Å². The first-order valence-corrected chi connectivity index (χ1v) is 11.2. The van der Waals surface area contributed by atoms with Crippen LogP contribution in [0.25, 0.3) is 16.7 Å². The lowest BCUT2D eigenvalue weighted by Gasteiger charge is -2.14. The number of halogens is 1. The molecule has 4 aromatic rings. The summed E-state index contributed by atoms with van der Waals surface area (Å²) in [6.07, 6.45) is 4.64. The summed E-state index contributed by atoms with van der Waals surface area (Å²) in [5, 5.41) is 7.69. The smallest absolute Gasteiger partial charge is 0.272 e. The Labute approximate surface area is 186 Å². The van der Waals surface area contributed by atoms with Crippen LogP contribution in [0.15, 0.2) is 48.5 Å². The SMILES string of the molecule is Cc1nc2ccccc2n1CCCNC(=O)c1nn(-c2ccc(F)cc2)c2c1CCCC2. The molecule has 0 fully saturated rings. The average Bonchev–Trinajstić information content (AvgIpc) is 3.35. The van der Waals surface area contributed by atoms with Crippen molar-refractivity contribution in [3.63, 3.8) is 0 Å². The highest BCUT2D eigenvalue weighted by molar-refractivity contribution is 5.94. The largest absolute Gasteiger partial charge is 0.351 e. The molecule has 0 aliphatic heterocycles. The molecule has 2 aromatic carbocycles. The second-order valence-electron chi connectivity index (χ2n) is 8.28. The van der Waals surface area contributed by atoms with Gasteiger partial charge in [0.2, 0.25) is 0 Å². The van der Waals surface area contributed by atoms with Crippen molar-refractivity contribution in [2.24, 2.45) is 0 Å². The molecule has 0 saturated carbocycles. The minimum Gasteiger partial charge on any atom is -0.351 e. The van der Waals surface area contributed by atoms with Gasteiger partial charge in [0.05, 0.1) is 16.7 Å². The van der Waals surface area contributed by atoms with Crippen LogP contribution in [-0.2, 0) is 19.4 Å². The van der Waals surface area contributed by atoms with Gasteiger partial charge in [0.1, 0.15) is 11.6 Å². The molecule has 1 N–H and O–H groups in total. The highest BCUT2D eigenvalue weighted by Gasteiger charge is 2.25. The number of aryl methyl sites for hydroxylation is 2. The molecule has 0 radical (unpaired) electrons. The number of hydrogen-bond acceptors (Lipinski definition) is 3. The summed E-state index contributed by atoms with van der Waals surface area (Å²) in [5.74, 6) is 0.550. The Morgan fingerprint density at radius 2 is 1.88 bits per heavy atom. The molecular weight excluding hydrogens is 405 g/mol. The predicted octanol–water partition coefficient (Wildman–Crippen LogP) is 4.37. The van der Waals surface area contributed by atoms with E-state index < -0.39 is 0 Å². The number of imidazole rings is 1. The second-order valence-corrected chi connectivity index (χ2v) is 8.28. The van der Waals surface area contributed by atoms with Gasteiger partial charge in [0, 0.05) is 24.3 Å². The number of carbonyl (C=O) groups is 1. The number of carbonyl (C=O) groups excluding carboxylic acids is 1. The van der Waals surface area contributed by atoms with E-state index in [1.165, 1.54) is 12.1 Å². The van der Waals surface area contributed by atoms with E-state index in [9.17, 15) is 9.18 Å². The van der Waals surface area contributed by atoms with E-state index in [0.717, 1.165) is 72.5 Å². The van der Waals surface area contributed by atoms with Crippen molar-refractivity contribution in [2.45, 2.75) is 45.6 Å². The first-order valence-electron chi connectivity index (χ1n) is 11.2. The van der Waals surface area contributed by atoms with Crippen LogP contribution in [0, 0.1) is 12.7 Å². The Kier molecular flexibility index (Phi) is 5.47. The van der Waals surface area contributed by atoms with E-state index in [1.54, 1.807) is 12.1 Å². The summed E-state index contributed by atoms with van der Waals surface area (Å²) in [7, 11) is 0. The summed E-state index contributed by atoms with van der Waals surface area (Å²) in [5.41, 5.74) is 5.47. The topological polar surface area (TPSA) is 64.7 Å². The van der Waals surface area contributed by atoms with Gasteiger partial charge in [0.15, 0.2) is 5.69 Å². The molecule has 2 heterocycles. The van der Waals surface area contributed by atoms with Crippen molar-refractivity contribution < 1.29 is 9.18 Å². The minimum absolute atomic E-state index is 0.142. The maximum absolute atomic E-state index is 13.4. The number of nitrogens with one attached hydrogen (secondary N) is 1. The van der Waals surface area contributed by atoms with Gasteiger partial charge >= 0.3 is 0 Å². The Balaban J connectivity index is 1.29. The van der Waals surface area contributed by atoms with Gasteiger partial charge in [-0.15, -0.1) is 0 Å². The van der Waals surface area contributed by atoms with E-state index in [4.69, 9.17) is 0 Å². The van der Waals surface area contributed by atoms with Crippen LogP contribution in [0.2, 0.25) is 0 Å². The van der Waals surface area contributed by atoms with Gasteiger partial charge in [0.25, 0.3) is 5.91 Å². The number of para-hydroxylation sites is 2. The van der Waals surface area contributed by atoms with Gasteiger partial charge in [-0.25, -0.2) is 14.1 Å². The first-order chi connectivity index (χ1) is 15.6. The fraction of sp³-hybridized carbons (Fsp3) is 0.320. The highest BCUT2D eigenvalue weighted by Crippen LogP contribution is 2.27. The van der Waals surface area contributed by atoms with Crippen LogP contribution in [0.4, 0.5) is 4.39 Å². The molecule has 7 heteroatoms. The fourth-order valence-electron chi connectivity index (χ4n) is 4.58. The van der Waals surface area contributed by atoms with Gasteiger partial charge in [-0.05, 0) is 75.4 Å². The van der Waals surface area contributed by atoms with Gasteiger partial charge in [-0.2, -0.15) is 5.10 Å². The Morgan fingerprint density at radius 3 is 2.72 bits per heavy atom. The van der Waals surface area contributed by atoms with E-state index in [1.807, 2.05) is 29.8 Å². The molecule has 1 aliphatic rings. The van der Waals surface area contributed by atoms with E-state index in [2.05, 4.69) is 26.0 Å². The van der Waals surface area contributed by atoms with Crippen LogP contribution in [-0.4, -0.2) is 31.8 Å².